The first-order valence-electron chi connectivity index (χ1n) is 5.76. The summed E-state index contributed by atoms with van der Waals surface area (Å²) in [4.78, 5) is 0. The van der Waals surface area contributed by atoms with Crippen molar-refractivity contribution in [2.75, 3.05) is 0 Å². The molecule has 2 aromatic rings. The second-order valence-electron chi connectivity index (χ2n) is 4.19. The zero-order chi connectivity index (χ0) is 13.8. The van der Waals surface area contributed by atoms with Gasteiger partial charge in [-0.25, -0.2) is 8.78 Å². The highest BCUT2D eigenvalue weighted by atomic mass is 35.5. The number of nitrogens with two attached hydrogens (primary N) is 1. The van der Waals surface area contributed by atoms with Crippen LogP contribution in [0.4, 0.5) is 8.78 Å². The van der Waals surface area contributed by atoms with E-state index in [1.165, 1.54) is 18.2 Å². The monoisotopic (exact) mass is 282 g/mol. The number of halogens is 3. The van der Waals surface area contributed by atoms with Gasteiger partial charge in [0.25, 0.3) is 0 Å². The lowest BCUT2D eigenvalue weighted by atomic mass is 9.99. The first-order valence-corrected chi connectivity index (χ1v) is 6.14. The van der Waals surface area contributed by atoms with E-state index in [9.17, 15) is 8.78 Å². The summed E-state index contributed by atoms with van der Waals surface area (Å²) in [6, 6.07) is 10.4. The van der Waals surface area contributed by atoms with E-state index >= 15 is 0 Å². The molecule has 0 aliphatic rings. The summed E-state index contributed by atoms with van der Waals surface area (Å²) in [6.45, 7) is 0. The Morgan fingerprint density at radius 3 is 2.47 bits per heavy atom. The smallest absolute Gasteiger partial charge is 0.141 e. The van der Waals surface area contributed by atoms with E-state index in [-0.39, 0.29) is 16.9 Å². The van der Waals surface area contributed by atoms with E-state index in [0.717, 1.165) is 0 Å². The van der Waals surface area contributed by atoms with Crippen molar-refractivity contribution in [2.45, 2.75) is 12.5 Å². The molecule has 0 aliphatic carbocycles. The van der Waals surface area contributed by atoms with Gasteiger partial charge in [0.1, 0.15) is 11.6 Å². The molecule has 100 valence electrons. The Morgan fingerprint density at radius 2 is 1.84 bits per heavy atom. The number of nitrogens with one attached hydrogen (secondary N) is 1. The molecule has 1 atom stereocenters. The average molecular weight is 283 g/mol. The maximum Gasteiger partial charge on any atom is 0.141 e. The van der Waals surface area contributed by atoms with Crippen molar-refractivity contribution in [3.05, 3.63) is 70.2 Å². The minimum Gasteiger partial charge on any atom is -0.271 e. The fourth-order valence-electron chi connectivity index (χ4n) is 1.89. The van der Waals surface area contributed by atoms with Crippen LogP contribution in [0.25, 0.3) is 0 Å². The normalized spacial score (nSPS) is 12.4. The Balaban J connectivity index is 2.25. The summed E-state index contributed by atoms with van der Waals surface area (Å²) in [6.07, 6.45) is 0.352. The Hall–Kier alpha value is -1.49. The van der Waals surface area contributed by atoms with Gasteiger partial charge in [-0.3, -0.25) is 11.3 Å². The van der Waals surface area contributed by atoms with Crippen molar-refractivity contribution >= 4 is 11.6 Å². The molecule has 5 heteroatoms. The van der Waals surface area contributed by atoms with Crippen LogP contribution in [-0.4, -0.2) is 0 Å². The van der Waals surface area contributed by atoms with Crippen LogP contribution in [0.2, 0.25) is 5.02 Å². The summed E-state index contributed by atoms with van der Waals surface area (Å²) >= 11 is 5.73. The van der Waals surface area contributed by atoms with E-state index in [2.05, 4.69) is 5.43 Å². The molecule has 2 rings (SSSR count). The molecule has 0 spiro atoms. The molecule has 0 radical (unpaired) electrons. The third-order valence-electron chi connectivity index (χ3n) is 2.93. The van der Waals surface area contributed by atoms with Gasteiger partial charge in [0.05, 0.1) is 11.1 Å². The first kappa shape index (κ1) is 13.9. The van der Waals surface area contributed by atoms with Gasteiger partial charge in [0, 0.05) is 0 Å². The van der Waals surface area contributed by atoms with Gasteiger partial charge in [0.2, 0.25) is 0 Å². The molecule has 0 bridgehead atoms. The second kappa shape index (κ2) is 6.10. The van der Waals surface area contributed by atoms with E-state index in [4.69, 9.17) is 17.4 Å². The highest BCUT2D eigenvalue weighted by Gasteiger charge is 2.14. The van der Waals surface area contributed by atoms with Crippen LogP contribution in [0.3, 0.4) is 0 Å². The molecular formula is C14H13ClF2N2. The molecule has 2 aromatic carbocycles. The number of hydrogen-bond donors (Lipinski definition) is 2. The van der Waals surface area contributed by atoms with Gasteiger partial charge in [-0.15, -0.1) is 0 Å². The van der Waals surface area contributed by atoms with Crippen molar-refractivity contribution in [1.82, 2.24) is 5.43 Å². The van der Waals surface area contributed by atoms with Gasteiger partial charge in [-0.2, -0.15) is 0 Å². The highest BCUT2D eigenvalue weighted by Crippen LogP contribution is 2.24. The Bertz CT molecular complexity index is 575. The standard InChI is InChI=1S/C14H13ClF2N2/c15-11-7-10(5-6-13(11)17)14(19-18)8-9-3-1-2-4-12(9)16/h1-7,14,19H,8,18H2. The number of benzene rings is 2. The third-order valence-corrected chi connectivity index (χ3v) is 3.22. The zero-order valence-electron chi connectivity index (χ0n) is 10.0. The van der Waals surface area contributed by atoms with E-state index in [1.807, 2.05) is 0 Å². The number of rotatable bonds is 4. The first-order chi connectivity index (χ1) is 9.11. The van der Waals surface area contributed by atoms with E-state index < -0.39 is 5.82 Å². The predicted octanol–water partition coefficient (Wildman–Crippen LogP) is 3.37. The van der Waals surface area contributed by atoms with Crippen molar-refractivity contribution < 1.29 is 8.78 Å². The Kier molecular flexibility index (Phi) is 4.47. The van der Waals surface area contributed by atoms with Crippen molar-refractivity contribution in [2.24, 2.45) is 5.84 Å². The molecular weight excluding hydrogens is 270 g/mol. The Labute approximate surface area is 115 Å². The van der Waals surface area contributed by atoms with Gasteiger partial charge in [-0.1, -0.05) is 35.9 Å². The lowest BCUT2D eigenvalue weighted by Crippen LogP contribution is -2.29. The van der Waals surface area contributed by atoms with Gasteiger partial charge < -0.3 is 0 Å². The average Bonchev–Trinajstić information content (AvgIpc) is 2.41. The van der Waals surface area contributed by atoms with E-state index in [1.54, 1.807) is 24.3 Å². The fraction of sp³-hybridized carbons (Fsp3) is 0.143. The summed E-state index contributed by atoms with van der Waals surface area (Å²) < 4.78 is 26.7. The van der Waals surface area contributed by atoms with E-state index in [0.29, 0.717) is 17.5 Å². The molecule has 0 aromatic heterocycles. The van der Waals surface area contributed by atoms with Gasteiger partial charge in [-0.05, 0) is 35.7 Å². The zero-order valence-corrected chi connectivity index (χ0v) is 10.8. The van der Waals surface area contributed by atoms with Crippen LogP contribution in [0.15, 0.2) is 42.5 Å². The van der Waals surface area contributed by atoms with Crippen LogP contribution in [0, 0.1) is 11.6 Å². The SMILES string of the molecule is NNC(Cc1ccccc1F)c1ccc(F)c(Cl)c1. The van der Waals surface area contributed by atoms with Crippen LogP contribution in [-0.2, 0) is 6.42 Å². The predicted molar refractivity (Wildman–Crippen MR) is 71.6 cm³/mol. The summed E-state index contributed by atoms with van der Waals surface area (Å²) in [5.74, 6) is 4.69. The van der Waals surface area contributed by atoms with Crippen LogP contribution >= 0.6 is 11.6 Å². The topological polar surface area (TPSA) is 38.0 Å². The van der Waals surface area contributed by atoms with Crippen molar-refractivity contribution in [3.63, 3.8) is 0 Å². The minimum atomic E-state index is -0.493. The van der Waals surface area contributed by atoms with Crippen molar-refractivity contribution in [1.29, 1.82) is 0 Å². The fourth-order valence-corrected chi connectivity index (χ4v) is 2.07. The highest BCUT2D eigenvalue weighted by molar-refractivity contribution is 6.30. The number of hydrogen-bond acceptors (Lipinski definition) is 2. The molecule has 2 nitrogen and oxygen atoms in total. The molecule has 0 saturated carbocycles. The van der Waals surface area contributed by atoms with Gasteiger partial charge in [0.15, 0.2) is 0 Å². The largest absolute Gasteiger partial charge is 0.271 e. The molecule has 0 saturated heterocycles. The number of hydrazine groups is 1. The molecule has 3 N–H and O–H groups in total. The van der Waals surface area contributed by atoms with Crippen molar-refractivity contribution in [3.8, 4) is 0 Å². The summed E-state index contributed by atoms with van der Waals surface area (Å²) in [5, 5.41) is 0.0197. The second-order valence-corrected chi connectivity index (χ2v) is 4.60. The molecule has 0 fully saturated rings. The van der Waals surface area contributed by atoms with Crippen LogP contribution < -0.4 is 11.3 Å². The molecule has 0 aliphatic heterocycles. The maximum absolute atomic E-state index is 13.6. The lowest BCUT2D eigenvalue weighted by molar-refractivity contribution is 0.527. The maximum atomic E-state index is 13.6. The third kappa shape index (κ3) is 3.29. The van der Waals surface area contributed by atoms with Crippen LogP contribution in [0.5, 0.6) is 0 Å². The molecule has 0 amide bonds. The molecule has 0 heterocycles. The minimum absolute atomic E-state index is 0.0197. The van der Waals surface area contributed by atoms with Crippen LogP contribution in [0.1, 0.15) is 17.2 Å². The lowest BCUT2D eigenvalue weighted by Gasteiger charge is -2.17. The summed E-state index contributed by atoms with van der Waals surface area (Å²) in [7, 11) is 0. The Morgan fingerprint density at radius 1 is 1.11 bits per heavy atom. The van der Waals surface area contributed by atoms with Gasteiger partial charge >= 0.3 is 0 Å². The summed E-state index contributed by atoms with van der Waals surface area (Å²) in [5.41, 5.74) is 3.83. The molecule has 19 heavy (non-hydrogen) atoms. The quantitative estimate of drug-likeness (QED) is 0.666. The molecule has 1 unspecified atom stereocenters.